The zero-order valence-corrected chi connectivity index (χ0v) is 14.9. The van der Waals surface area contributed by atoms with Crippen LogP contribution in [0.5, 0.6) is 0 Å². The van der Waals surface area contributed by atoms with Crippen LogP contribution in [0.2, 0.25) is 0 Å². The molecule has 6 heteroatoms. The van der Waals surface area contributed by atoms with E-state index in [4.69, 9.17) is 4.74 Å². The molecule has 6 nitrogen and oxygen atoms in total. The third-order valence-electron chi connectivity index (χ3n) is 5.18. The number of rotatable bonds is 5. The first kappa shape index (κ1) is 17.9. The number of pyridine rings is 1. The van der Waals surface area contributed by atoms with E-state index < -0.39 is 0 Å². The maximum atomic E-state index is 12.7. The molecule has 3 heterocycles. The molecule has 1 aromatic heterocycles. The average Bonchev–Trinajstić information content (AvgIpc) is 2.67. The van der Waals surface area contributed by atoms with Gasteiger partial charge in [-0.1, -0.05) is 6.07 Å². The van der Waals surface area contributed by atoms with Crippen LogP contribution in [0.1, 0.15) is 38.3 Å². The maximum Gasteiger partial charge on any atom is 0.227 e. The number of aromatic nitrogens is 1. The van der Waals surface area contributed by atoms with Crippen molar-refractivity contribution < 1.29 is 14.3 Å². The summed E-state index contributed by atoms with van der Waals surface area (Å²) in [7, 11) is 0. The van der Waals surface area contributed by atoms with E-state index in [0.29, 0.717) is 32.5 Å². The molecule has 2 fully saturated rings. The molecular formula is C19H27N3O3. The molecule has 1 atom stereocenters. The van der Waals surface area contributed by atoms with Crippen LogP contribution >= 0.6 is 0 Å². The Hall–Kier alpha value is -1.95. The summed E-state index contributed by atoms with van der Waals surface area (Å²) >= 11 is 0. The van der Waals surface area contributed by atoms with Gasteiger partial charge in [0.15, 0.2) is 0 Å². The van der Waals surface area contributed by atoms with Crippen molar-refractivity contribution >= 4 is 11.8 Å². The molecule has 3 rings (SSSR count). The van der Waals surface area contributed by atoms with E-state index in [1.54, 1.807) is 11.1 Å². The molecule has 0 unspecified atom stereocenters. The minimum absolute atomic E-state index is 0.0383. The van der Waals surface area contributed by atoms with Gasteiger partial charge in [0, 0.05) is 38.8 Å². The van der Waals surface area contributed by atoms with Crippen LogP contribution in [0.25, 0.3) is 0 Å². The molecule has 0 bridgehead atoms. The number of carbonyl (C=O) groups excluding carboxylic acids is 2. The first-order valence-electron chi connectivity index (χ1n) is 9.25. The standard InChI is InChI=1S/C19H27N3O3/c1-2-21-13-15(6-7-18(21)23)19(24)22-11-8-17(9-12-22)25-14-16-5-3-4-10-20-16/h3-5,10,15,17H,2,6-9,11-14H2,1H3/t15-/m1/s1. The Kier molecular flexibility index (Phi) is 6.02. The summed E-state index contributed by atoms with van der Waals surface area (Å²) in [6, 6.07) is 5.82. The minimum Gasteiger partial charge on any atom is -0.372 e. The van der Waals surface area contributed by atoms with Crippen LogP contribution < -0.4 is 0 Å². The SMILES string of the molecule is CCN1C[C@H](C(=O)N2CCC(OCc3ccccn3)CC2)CCC1=O. The average molecular weight is 345 g/mol. The second kappa shape index (κ2) is 8.43. The van der Waals surface area contributed by atoms with Crippen molar-refractivity contribution in [3.63, 3.8) is 0 Å². The molecule has 0 aromatic carbocycles. The van der Waals surface area contributed by atoms with E-state index in [1.807, 2.05) is 30.0 Å². The first-order chi connectivity index (χ1) is 12.2. The summed E-state index contributed by atoms with van der Waals surface area (Å²) in [6.07, 6.45) is 4.86. The van der Waals surface area contributed by atoms with E-state index >= 15 is 0 Å². The molecule has 2 aliphatic rings. The molecule has 0 radical (unpaired) electrons. The van der Waals surface area contributed by atoms with Gasteiger partial charge in [0.1, 0.15) is 0 Å². The summed E-state index contributed by atoms with van der Waals surface area (Å²) in [5.74, 6) is 0.339. The fourth-order valence-corrected chi connectivity index (χ4v) is 3.61. The zero-order valence-electron chi connectivity index (χ0n) is 14.9. The summed E-state index contributed by atoms with van der Waals surface area (Å²) in [5, 5.41) is 0. The number of ether oxygens (including phenoxy) is 1. The zero-order chi connectivity index (χ0) is 17.6. The van der Waals surface area contributed by atoms with Crippen LogP contribution in [0.4, 0.5) is 0 Å². The van der Waals surface area contributed by atoms with Crippen molar-refractivity contribution in [2.24, 2.45) is 5.92 Å². The van der Waals surface area contributed by atoms with Gasteiger partial charge in [0.25, 0.3) is 0 Å². The molecule has 0 N–H and O–H groups in total. The molecule has 2 saturated heterocycles. The smallest absolute Gasteiger partial charge is 0.227 e. The lowest BCUT2D eigenvalue weighted by Crippen LogP contribution is -2.49. The van der Waals surface area contributed by atoms with Crippen molar-refractivity contribution in [3.05, 3.63) is 30.1 Å². The van der Waals surface area contributed by atoms with Gasteiger partial charge in [0.05, 0.1) is 24.3 Å². The summed E-state index contributed by atoms with van der Waals surface area (Å²) < 4.78 is 5.94. The molecule has 0 aliphatic carbocycles. The van der Waals surface area contributed by atoms with E-state index in [-0.39, 0.29) is 23.8 Å². The van der Waals surface area contributed by atoms with Crippen LogP contribution in [0.15, 0.2) is 24.4 Å². The first-order valence-corrected chi connectivity index (χ1v) is 9.25. The Morgan fingerprint density at radius 1 is 1.28 bits per heavy atom. The fourth-order valence-electron chi connectivity index (χ4n) is 3.61. The molecule has 25 heavy (non-hydrogen) atoms. The minimum atomic E-state index is -0.0383. The van der Waals surface area contributed by atoms with E-state index in [2.05, 4.69) is 4.98 Å². The third kappa shape index (κ3) is 4.57. The Bertz CT molecular complexity index is 585. The largest absolute Gasteiger partial charge is 0.372 e. The summed E-state index contributed by atoms with van der Waals surface area (Å²) in [5.41, 5.74) is 0.938. The molecule has 2 amide bonds. The normalized spacial score (nSPS) is 22.3. The van der Waals surface area contributed by atoms with Crippen LogP contribution in [0, 0.1) is 5.92 Å². The van der Waals surface area contributed by atoms with Crippen LogP contribution in [0.3, 0.4) is 0 Å². The number of hydrogen-bond acceptors (Lipinski definition) is 4. The van der Waals surface area contributed by atoms with E-state index in [1.165, 1.54) is 0 Å². The number of likely N-dealkylation sites (tertiary alicyclic amines) is 2. The summed E-state index contributed by atoms with van der Waals surface area (Å²) in [6.45, 7) is 5.23. The Balaban J connectivity index is 1.44. The highest BCUT2D eigenvalue weighted by Crippen LogP contribution is 2.23. The van der Waals surface area contributed by atoms with Crippen LogP contribution in [-0.4, -0.2) is 58.9 Å². The molecule has 0 saturated carbocycles. The van der Waals surface area contributed by atoms with Crippen molar-refractivity contribution in [3.8, 4) is 0 Å². The second-order valence-electron chi connectivity index (χ2n) is 6.82. The Morgan fingerprint density at radius 2 is 2.08 bits per heavy atom. The lowest BCUT2D eigenvalue weighted by atomic mass is 9.95. The number of amides is 2. The third-order valence-corrected chi connectivity index (χ3v) is 5.18. The monoisotopic (exact) mass is 345 g/mol. The van der Waals surface area contributed by atoms with Crippen molar-refractivity contribution in [1.29, 1.82) is 0 Å². The number of piperidine rings is 2. The van der Waals surface area contributed by atoms with Gasteiger partial charge in [-0.2, -0.15) is 0 Å². The Labute approximate surface area is 149 Å². The lowest BCUT2D eigenvalue weighted by Gasteiger charge is -2.37. The van der Waals surface area contributed by atoms with Crippen molar-refractivity contribution in [1.82, 2.24) is 14.8 Å². The predicted molar refractivity (Wildman–Crippen MR) is 93.6 cm³/mol. The highest BCUT2D eigenvalue weighted by molar-refractivity contribution is 5.84. The van der Waals surface area contributed by atoms with Gasteiger partial charge in [-0.15, -0.1) is 0 Å². The molecular weight excluding hydrogens is 318 g/mol. The van der Waals surface area contributed by atoms with Gasteiger partial charge in [-0.25, -0.2) is 0 Å². The topological polar surface area (TPSA) is 62.7 Å². The highest BCUT2D eigenvalue weighted by atomic mass is 16.5. The van der Waals surface area contributed by atoms with E-state index in [0.717, 1.165) is 31.6 Å². The lowest BCUT2D eigenvalue weighted by molar-refractivity contribution is -0.144. The van der Waals surface area contributed by atoms with Gasteiger partial charge >= 0.3 is 0 Å². The van der Waals surface area contributed by atoms with Gasteiger partial charge in [-0.3, -0.25) is 14.6 Å². The number of hydrogen-bond donors (Lipinski definition) is 0. The van der Waals surface area contributed by atoms with E-state index in [9.17, 15) is 9.59 Å². The molecule has 0 spiro atoms. The van der Waals surface area contributed by atoms with Gasteiger partial charge in [-0.05, 0) is 38.3 Å². The predicted octanol–water partition coefficient (Wildman–Crippen LogP) is 1.85. The van der Waals surface area contributed by atoms with Crippen LogP contribution in [-0.2, 0) is 20.9 Å². The van der Waals surface area contributed by atoms with Crippen molar-refractivity contribution in [2.75, 3.05) is 26.2 Å². The summed E-state index contributed by atoms with van der Waals surface area (Å²) in [4.78, 5) is 32.5. The Morgan fingerprint density at radius 3 is 2.76 bits per heavy atom. The van der Waals surface area contributed by atoms with Gasteiger partial charge in [0.2, 0.25) is 11.8 Å². The molecule has 136 valence electrons. The highest BCUT2D eigenvalue weighted by Gasteiger charge is 2.33. The molecule has 1 aromatic rings. The van der Waals surface area contributed by atoms with Crippen molar-refractivity contribution in [2.45, 2.75) is 45.3 Å². The number of carbonyl (C=O) groups is 2. The fraction of sp³-hybridized carbons (Fsp3) is 0.632. The number of nitrogens with zero attached hydrogens (tertiary/aromatic N) is 3. The quantitative estimate of drug-likeness (QED) is 0.817. The maximum absolute atomic E-state index is 12.7. The second-order valence-corrected chi connectivity index (χ2v) is 6.82. The molecule has 2 aliphatic heterocycles. The van der Waals surface area contributed by atoms with Gasteiger partial charge < -0.3 is 14.5 Å².